The van der Waals surface area contributed by atoms with Gasteiger partial charge in [0.2, 0.25) is 5.91 Å². The first-order valence-electron chi connectivity index (χ1n) is 7.94. The van der Waals surface area contributed by atoms with Crippen LogP contribution in [0, 0.1) is 11.3 Å². The summed E-state index contributed by atoms with van der Waals surface area (Å²) >= 11 is 0. The fourth-order valence-electron chi connectivity index (χ4n) is 3.09. The summed E-state index contributed by atoms with van der Waals surface area (Å²) < 4.78 is 0. The van der Waals surface area contributed by atoms with Gasteiger partial charge in [0.1, 0.15) is 0 Å². The molecule has 4 nitrogen and oxygen atoms in total. The maximum atomic E-state index is 13.0. The van der Waals surface area contributed by atoms with E-state index in [-0.39, 0.29) is 11.3 Å². The number of carbonyl (C=O) groups is 1. The van der Waals surface area contributed by atoms with Crippen molar-refractivity contribution in [3.05, 3.63) is 30.1 Å². The highest BCUT2D eigenvalue weighted by Gasteiger charge is 2.39. The molecule has 1 aromatic heterocycles. The van der Waals surface area contributed by atoms with Gasteiger partial charge < -0.3 is 10.2 Å². The Kier molecular flexibility index (Phi) is 5.34. The number of aromatic nitrogens is 1. The Morgan fingerprint density at radius 1 is 1.43 bits per heavy atom. The van der Waals surface area contributed by atoms with E-state index in [2.05, 4.69) is 24.1 Å². The van der Waals surface area contributed by atoms with E-state index in [1.165, 1.54) is 0 Å². The highest BCUT2D eigenvalue weighted by Crippen LogP contribution is 2.34. The van der Waals surface area contributed by atoms with E-state index in [0.29, 0.717) is 12.5 Å². The summed E-state index contributed by atoms with van der Waals surface area (Å²) in [7, 11) is 0. The molecule has 0 aliphatic carbocycles. The largest absolute Gasteiger partial charge is 0.338 e. The molecule has 4 heteroatoms. The zero-order valence-corrected chi connectivity index (χ0v) is 13.4. The maximum Gasteiger partial charge on any atom is 0.228 e. The lowest BCUT2D eigenvalue weighted by Gasteiger charge is -2.39. The fourth-order valence-corrected chi connectivity index (χ4v) is 3.09. The Morgan fingerprint density at radius 3 is 2.71 bits per heavy atom. The first kappa shape index (κ1) is 16.0. The molecular formula is C17H27N3O. The second-order valence-electron chi connectivity index (χ2n) is 6.44. The molecule has 1 aromatic rings. The smallest absolute Gasteiger partial charge is 0.228 e. The molecule has 0 saturated carbocycles. The van der Waals surface area contributed by atoms with Gasteiger partial charge in [-0.2, -0.15) is 0 Å². The number of nitrogens with one attached hydrogen (secondary N) is 1. The van der Waals surface area contributed by atoms with Crippen molar-refractivity contribution in [2.75, 3.05) is 19.6 Å². The number of piperidine rings is 1. The van der Waals surface area contributed by atoms with Crippen molar-refractivity contribution >= 4 is 5.91 Å². The Labute approximate surface area is 127 Å². The SMILES string of the molecule is CCN(Cc1ccncc1)C(=O)C(C)(C)C1CCCNC1. The average molecular weight is 289 g/mol. The second-order valence-corrected chi connectivity index (χ2v) is 6.44. The van der Waals surface area contributed by atoms with E-state index < -0.39 is 0 Å². The van der Waals surface area contributed by atoms with E-state index in [4.69, 9.17) is 0 Å². The molecule has 1 saturated heterocycles. The minimum absolute atomic E-state index is 0.260. The van der Waals surface area contributed by atoms with E-state index in [9.17, 15) is 4.79 Å². The normalized spacial score (nSPS) is 19.3. The Hall–Kier alpha value is -1.42. The zero-order chi connectivity index (χ0) is 15.3. The summed E-state index contributed by atoms with van der Waals surface area (Å²) in [6, 6.07) is 3.95. The molecule has 0 radical (unpaired) electrons. The third-order valence-corrected chi connectivity index (χ3v) is 4.66. The fraction of sp³-hybridized carbons (Fsp3) is 0.647. The molecule has 0 spiro atoms. The molecule has 1 aliphatic rings. The van der Waals surface area contributed by atoms with Gasteiger partial charge in [0, 0.05) is 30.9 Å². The molecule has 1 fully saturated rings. The maximum absolute atomic E-state index is 13.0. The van der Waals surface area contributed by atoms with E-state index in [1.807, 2.05) is 24.0 Å². The van der Waals surface area contributed by atoms with Gasteiger partial charge >= 0.3 is 0 Å². The van der Waals surface area contributed by atoms with Crippen LogP contribution in [0.1, 0.15) is 39.2 Å². The molecule has 21 heavy (non-hydrogen) atoms. The van der Waals surface area contributed by atoms with Crippen molar-refractivity contribution in [3.8, 4) is 0 Å². The van der Waals surface area contributed by atoms with Gasteiger partial charge in [0.15, 0.2) is 0 Å². The van der Waals surface area contributed by atoms with Crippen LogP contribution >= 0.6 is 0 Å². The number of hydrogen-bond donors (Lipinski definition) is 1. The molecule has 116 valence electrons. The van der Waals surface area contributed by atoms with Gasteiger partial charge in [-0.1, -0.05) is 13.8 Å². The Bertz CT molecular complexity index is 452. The van der Waals surface area contributed by atoms with Crippen LogP contribution in [-0.2, 0) is 11.3 Å². The number of pyridine rings is 1. The van der Waals surface area contributed by atoms with Crippen LogP contribution < -0.4 is 5.32 Å². The molecule has 0 bridgehead atoms. The predicted molar refractivity (Wildman–Crippen MR) is 84.7 cm³/mol. The third kappa shape index (κ3) is 3.82. The van der Waals surface area contributed by atoms with Crippen molar-refractivity contribution in [1.82, 2.24) is 15.2 Å². The van der Waals surface area contributed by atoms with Crippen LogP contribution in [0.25, 0.3) is 0 Å². The lowest BCUT2D eigenvalue weighted by Crippen LogP contribution is -2.48. The molecule has 1 aliphatic heterocycles. The van der Waals surface area contributed by atoms with Gasteiger partial charge in [-0.15, -0.1) is 0 Å². The molecule has 1 N–H and O–H groups in total. The van der Waals surface area contributed by atoms with Crippen LogP contribution in [0.4, 0.5) is 0 Å². The van der Waals surface area contributed by atoms with Crippen LogP contribution in [0.2, 0.25) is 0 Å². The monoisotopic (exact) mass is 289 g/mol. The minimum Gasteiger partial charge on any atom is -0.338 e. The summed E-state index contributed by atoms with van der Waals surface area (Å²) in [5.41, 5.74) is 0.828. The first-order valence-corrected chi connectivity index (χ1v) is 7.94. The van der Waals surface area contributed by atoms with Crippen molar-refractivity contribution in [2.24, 2.45) is 11.3 Å². The van der Waals surface area contributed by atoms with E-state index in [0.717, 1.165) is 38.0 Å². The summed E-state index contributed by atoms with van der Waals surface area (Å²) in [6.45, 7) is 9.69. The van der Waals surface area contributed by atoms with Gasteiger partial charge in [-0.05, 0) is 56.5 Å². The quantitative estimate of drug-likeness (QED) is 0.905. The predicted octanol–water partition coefficient (Wildman–Crippen LogP) is 2.46. The van der Waals surface area contributed by atoms with Crippen molar-refractivity contribution in [1.29, 1.82) is 0 Å². The van der Waals surface area contributed by atoms with Crippen molar-refractivity contribution in [2.45, 2.75) is 40.2 Å². The van der Waals surface area contributed by atoms with Crippen LogP contribution in [0.15, 0.2) is 24.5 Å². The molecule has 1 unspecified atom stereocenters. The lowest BCUT2D eigenvalue weighted by molar-refractivity contribution is -0.144. The molecular weight excluding hydrogens is 262 g/mol. The first-order chi connectivity index (χ1) is 10.1. The highest BCUT2D eigenvalue weighted by atomic mass is 16.2. The van der Waals surface area contributed by atoms with Gasteiger partial charge in [-0.3, -0.25) is 9.78 Å². The standard InChI is InChI=1S/C17H27N3O/c1-4-20(13-14-7-10-18-11-8-14)16(21)17(2,3)15-6-5-9-19-12-15/h7-8,10-11,15,19H,4-6,9,12-13H2,1-3H3. The van der Waals surface area contributed by atoms with Crippen molar-refractivity contribution in [3.63, 3.8) is 0 Å². The molecule has 1 amide bonds. The average Bonchev–Trinajstić information content (AvgIpc) is 2.53. The number of nitrogens with zero attached hydrogens (tertiary/aromatic N) is 2. The summed E-state index contributed by atoms with van der Waals surface area (Å²) in [5.74, 6) is 0.681. The highest BCUT2D eigenvalue weighted by molar-refractivity contribution is 5.82. The van der Waals surface area contributed by atoms with E-state index in [1.54, 1.807) is 12.4 Å². The van der Waals surface area contributed by atoms with Crippen LogP contribution in [-0.4, -0.2) is 35.4 Å². The van der Waals surface area contributed by atoms with Crippen LogP contribution in [0.5, 0.6) is 0 Å². The molecule has 0 aromatic carbocycles. The van der Waals surface area contributed by atoms with Crippen LogP contribution in [0.3, 0.4) is 0 Å². The number of amides is 1. The third-order valence-electron chi connectivity index (χ3n) is 4.66. The summed E-state index contributed by atoms with van der Waals surface area (Å²) in [4.78, 5) is 19.0. The van der Waals surface area contributed by atoms with E-state index >= 15 is 0 Å². The molecule has 1 atom stereocenters. The lowest BCUT2D eigenvalue weighted by atomic mass is 9.74. The molecule has 2 heterocycles. The van der Waals surface area contributed by atoms with Crippen molar-refractivity contribution < 1.29 is 4.79 Å². The summed E-state index contributed by atoms with van der Waals surface area (Å²) in [6.07, 6.45) is 5.87. The number of hydrogen-bond acceptors (Lipinski definition) is 3. The second kappa shape index (κ2) is 7.03. The van der Waals surface area contributed by atoms with Gasteiger partial charge in [0.05, 0.1) is 0 Å². The zero-order valence-electron chi connectivity index (χ0n) is 13.4. The topological polar surface area (TPSA) is 45.2 Å². The Balaban J connectivity index is 2.07. The number of rotatable bonds is 5. The van der Waals surface area contributed by atoms with Gasteiger partial charge in [-0.25, -0.2) is 0 Å². The summed E-state index contributed by atoms with van der Waals surface area (Å²) in [5, 5.41) is 3.42. The van der Waals surface area contributed by atoms with Gasteiger partial charge in [0.25, 0.3) is 0 Å². The Morgan fingerprint density at radius 2 is 2.14 bits per heavy atom. The number of carbonyl (C=O) groups excluding carboxylic acids is 1. The minimum atomic E-state index is -0.309. The molecule has 2 rings (SSSR count).